The summed E-state index contributed by atoms with van der Waals surface area (Å²) in [6.45, 7) is 4.31. The van der Waals surface area contributed by atoms with Gasteiger partial charge in [0.05, 0.1) is 5.60 Å². The number of likely N-dealkylation sites (tertiary alicyclic amines) is 1. The molecule has 1 aliphatic rings. The average molecular weight is 396 g/mol. The minimum absolute atomic E-state index is 0.313. The fraction of sp³-hybridized carbons (Fsp3) is 0.417. The molecule has 5 heteroatoms. The molecule has 0 unspecified atom stereocenters. The van der Waals surface area contributed by atoms with Crippen molar-refractivity contribution >= 4 is 10.9 Å². The van der Waals surface area contributed by atoms with Crippen LogP contribution in [0, 0.1) is 5.82 Å². The first-order valence-corrected chi connectivity index (χ1v) is 10.4. The number of aromatic nitrogens is 1. The Morgan fingerprint density at radius 2 is 1.72 bits per heavy atom. The molecule has 0 saturated carbocycles. The number of hydrogen-bond donors (Lipinski definition) is 1. The van der Waals surface area contributed by atoms with Gasteiger partial charge in [-0.2, -0.15) is 0 Å². The fourth-order valence-corrected chi connectivity index (χ4v) is 4.37. The highest BCUT2D eigenvalue weighted by Crippen LogP contribution is 2.35. The monoisotopic (exact) mass is 395 g/mol. The lowest BCUT2D eigenvalue weighted by Gasteiger charge is -2.38. The number of hydrogen-bond acceptors (Lipinski definition) is 3. The summed E-state index contributed by atoms with van der Waals surface area (Å²) < 4.78 is 16.5. The van der Waals surface area contributed by atoms with Gasteiger partial charge < -0.3 is 14.6 Å². The van der Waals surface area contributed by atoms with E-state index in [4.69, 9.17) is 0 Å². The number of benzene rings is 2. The molecule has 1 saturated heterocycles. The molecule has 29 heavy (non-hydrogen) atoms. The zero-order valence-corrected chi connectivity index (χ0v) is 17.3. The largest absolute Gasteiger partial charge is 0.385 e. The maximum absolute atomic E-state index is 14.2. The summed E-state index contributed by atoms with van der Waals surface area (Å²) in [4.78, 5) is 4.57. The molecule has 1 aliphatic heterocycles. The second-order valence-corrected chi connectivity index (χ2v) is 8.46. The van der Waals surface area contributed by atoms with Crippen LogP contribution < -0.4 is 0 Å². The van der Waals surface area contributed by atoms with Gasteiger partial charge in [0.25, 0.3) is 0 Å². The summed E-state index contributed by atoms with van der Waals surface area (Å²) in [5.74, 6) is -0.313. The van der Waals surface area contributed by atoms with Gasteiger partial charge in [0.2, 0.25) is 0 Å². The van der Waals surface area contributed by atoms with Crippen molar-refractivity contribution in [3.05, 3.63) is 71.7 Å². The van der Waals surface area contributed by atoms with Crippen molar-refractivity contribution in [2.75, 3.05) is 33.7 Å². The Bertz CT molecular complexity index is 973. The first kappa shape index (κ1) is 20.1. The maximum Gasteiger partial charge on any atom is 0.129 e. The van der Waals surface area contributed by atoms with E-state index in [0.29, 0.717) is 18.4 Å². The number of piperidine rings is 1. The van der Waals surface area contributed by atoms with Crippen molar-refractivity contribution < 1.29 is 9.50 Å². The van der Waals surface area contributed by atoms with Gasteiger partial charge in [-0.1, -0.05) is 36.4 Å². The molecule has 154 valence electrons. The van der Waals surface area contributed by atoms with Crippen LogP contribution >= 0.6 is 0 Å². The number of para-hydroxylation sites is 1. The van der Waals surface area contributed by atoms with Crippen LogP contribution in [0.3, 0.4) is 0 Å². The van der Waals surface area contributed by atoms with Crippen molar-refractivity contribution in [2.45, 2.75) is 31.5 Å². The van der Waals surface area contributed by atoms with Crippen molar-refractivity contribution in [2.24, 2.45) is 0 Å². The molecule has 0 atom stereocenters. The van der Waals surface area contributed by atoms with Gasteiger partial charge in [-0.3, -0.25) is 4.90 Å². The molecule has 0 radical (unpaired) electrons. The summed E-state index contributed by atoms with van der Waals surface area (Å²) in [7, 11) is 4.19. The number of fused-ring (bicyclic) bond motifs is 1. The molecule has 0 spiro atoms. The first-order valence-electron chi connectivity index (χ1n) is 10.4. The third kappa shape index (κ3) is 4.22. The van der Waals surface area contributed by atoms with Gasteiger partial charge in [0.15, 0.2) is 0 Å². The quantitative estimate of drug-likeness (QED) is 0.688. The van der Waals surface area contributed by atoms with Gasteiger partial charge in [-0.15, -0.1) is 0 Å². The van der Waals surface area contributed by atoms with E-state index in [1.54, 1.807) is 18.2 Å². The first-order chi connectivity index (χ1) is 14.0. The number of nitrogens with zero attached hydrogens (tertiary/aromatic N) is 3. The van der Waals surface area contributed by atoms with Crippen LogP contribution in [0.4, 0.5) is 4.39 Å². The van der Waals surface area contributed by atoms with Gasteiger partial charge >= 0.3 is 0 Å². The standard InChI is InChI=1S/C24H30FN3O/c1-26(2)15-16-28-18-19(20-7-3-6-10-23(20)28)17-27-13-11-24(29,12-14-27)21-8-4-5-9-22(21)25/h3-10,18,29H,11-17H2,1-2H3. The number of likely N-dealkylation sites (N-methyl/N-ethyl adjacent to an activating group) is 1. The highest BCUT2D eigenvalue weighted by atomic mass is 19.1. The van der Waals surface area contributed by atoms with Crippen LogP contribution in [-0.4, -0.2) is 53.2 Å². The topological polar surface area (TPSA) is 31.6 Å². The van der Waals surface area contributed by atoms with Crippen LogP contribution in [0.15, 0.2) is 54.7 Å². The molecule has 1 fully saturated rings. The summed E-state index contributed by atoms with van der Waals surface area (Å²) in [6, 6.07) is 15.2. The van der Waals surface area contributed by atoms with Crippen molar-refractivity contribution in [3.63, 3.8) is 0 Å². The van der Waals surface area contributed by atoms with Crippen LogP contribution in [0.1, 0.15) is 24.0 Å². The summed E-state index contributed by atoms with van der Waals surface area (Å²) in [5, 5.41) is 12.3. The van der Waals surface area contributed by atoms with Gasteiger partial charge in [0, 0.05) is 55.4 Å². The minimum Gasteiger partial charge on any atom is -0.385 e. The highest BCUT2D eigenvalue weighted by Gasteiger charge is 2.36. The van der Waals surface area contributed by atoms with Gasteiger partial charge in [0.1, 0.15) is 5.82 Å². The third-order valence-corrected chi connectivity index (χ3v) is 6.11. The van der Waals surface area contributed by atoms with E-state index < -0.39 is 5.60 Å². The van der Waals surface area contributed by atoms with Gasteiger partial charge in [-0.25, -0.2) is 4.39 Å². The number of rotatable bonds is 6. The lowest BCUT2D eigenvalue weighted by Crippen LogP contribution is -2.42. The fourth-order valence-electron chi connectivity index (χ4n) is 4.37. The minimum atomic E-state index is -1.07. The Kier molecular flexibility index (Phi) is 5.72. The van der Waals surface area contributed by atoms with E-state index in [1.165, 1.54) is 22.5 Å². The molecule has 2 aromatic carbocycles. The van der Waals surface area contributed by atoms with E-state index in [0.717, 1.165) is 32.7 Å². The highest BCUT2D eigenvalue weighted by molar-refractivity contribution is 5.83. The van der Waals surface area contributed by atoms with E-state index in [-0.39, 0.29) is 5.82 Å². The molecular formula is C24H30FN3O. The predicted octanol–water partition coefficient (Wildman–Crippen LogP) is 3.83. The molecule has 0 aliphatic carbocycles. The van der Waals surface area contributed by atoms with E-state index in [1.807, 2.05) is 0 Å². The zero-order chi connectivity index (χ0) is 20.4. The lowest BCUT2D eigenvalue weighted by atomic mass is 9.84. The van der Waals surface area contributed by atoms with Crippen LogP contribution in [0.5, 0.6) is 0 Å². The van der Waals surface area contributed by atoms with E-state index >= 15 is 0 Å². The summed E-state index contributed by atoms with van der Waals surface area (Å²) in [6.07, 6.45) is 3.37. The lowest BCUT2D eigenvalue weighted by molar-refractivity contribution is -0.0302. The van der Waals surface area contributed by atoms with Crippen molar-refractivity contribution in [1.82, 2.24) is 14.4 Å². The molecular weight excluding hydrogens is 365 g/mol. The number of halogens is 1. The Balaban J connectivity index is 1.48. The molecule has 4 rings (SSSR count). The zero-order valence-electron chi connectivity index (χ0n) is 17.3. The second-order valence-electron chi connectivity index (χ2n) is 8.46. The summed E-state index contributed by atoms with van der Waals surface area (Å²) >= 11 is 0. The van der Waals surface area contributed by atoms with Crippen molar-refractivity contribution in [1.29, 1.82) is 0 Å². The summed E-state index contributed by atoms with van der Waals surface area (Å²) in [5.41, 5.74) is 1.95. The molecule has 0 amide bonds. The van der Waals surface area contributed by atoms with Crippen LogP contribution in [0.2, 0.25) is 0 Å². The smallest absolute Gasteiger partial charge is 0.129 e. The Morgan fingerprint density at radius 3 is 2.45 bits per heavy atom. The normalized spacial score (nSPS) is 17.3. The van der Waals surface area contributed by atoms with Gasteiger partial charge in [-0.05, 0) is 44.6 Å². The maximum atomic E-state index is 14.2. The average Bonchev–Trinajstić information content (AvgIpc) is 3.06. The molecule has 3 aromatic rings. The Hall–Kier alpha value is -2.21. The SMILES string of the molecule is CN(C)CCn1cc(CN2CCC(O)(c3ccccc3F)CC2)c2ccccc21. The van der Waals surface area contributed by atoms with E-state index in [2.05, 4.69) is 58.9 Å². The van der Waals surface area contributed by atoms with Crippen LogP contribution in [0.25, 0.3) is 10.9 Å². The third-order valence-electron chi connectivity index (χ3n) is 6.11. The molecule has 4 nitrogen and oxygen atoms in total. The molecule has 0 bridgehead atoms. The molecule has 2 heterocycles. The molecule has 1 N–H and O–H groups in total. The second kappa shape index (κ2) is 8.27. The number of aliphatic hydroxyl groups is 1. The Labute approximate surface area is 172 Å². The Morgan fingerprint density at radius 1 is 1.03 bits per heavy atom. The van der Waals surface area contributed by atoms with Crippen LogP contribution in [-0.2, 0) is 18.7 Å². The van der Waals surface area contributed by atoms with Crippen molar-refractivity contribution in [3.8, 4) is 0 Å². The predicted molar refractivity (Wildman–Crippen MR) is 115 cm³/mol. The molecule has 1 aromatic heterocycles. The van der Waals surface area contributed by atoms with E-state index in [9.17, 15) is 9.50 Å².